The third kappa shape index (κ3) is 4.80. The average molecular weight is 365 g/mol. The lowest BCUT2D eigenvalue weighted by molar-refractivity contribution is -0.117. The van der Waals surface area contributed by atoms with Gasteiger partial charge in [0.05, 0.1) is 19.3 Å². The van der Waals surface area contributed by atoms with Gasteiger partial charge in [0.2, 0.25) is 5.91 Å². The van der Waals surface area contributed by atoms with E-state index >= 15 is 0 Å². The standard InChI is InChI=1S/C18H27N3O3S/c1-24-18(23)17-15(7-12-25-17)19-16(22)13-20-8-10-21(11-9-20)14-5-3-2-4-6-14/h7,12,14H,2-6,8-11,13H2,1H3,(H,19,22). The maximum atomic E-state index is 12.3. The smallest absolute Gasteiger partial charge is 0.350 e. The molecule has 0 radical (unpaired) electrons. The van der Waals surface area contributed by atoms with Gasteiger partial charge in [0.15, 0.2) is 0 Å². The Morgan fingerprint density at radius 1 is 1.20 bits per heavy atom. The molecular formula is C18H27N3O3S. The van der Waals surface area contributed by atoms with Gasteiger partial charge in [-0.15, -0.1) is 11.3 Å². The lowest BCUT2D eigenvalue weighted by Crippen LogP contribution is -2.52. The molecule has 138 valence electrons. The van der Waals surface area contributed by atoms with Crippen molar-refractivity contribution in [2.75, 3.05) is 45.2 Å². The third-order valence-electron chi connectivity index (χ3n) is 5.18. The van der Waals surface area contributed by atoms with Gasteiger partial charge in [-0.1, -0.05) is 19.3 Å². The molecule has 0 bridgehead atoms. The Balaban J connectivity index is 1.45. The minimum absolute atomic E-state index is 0.0744. The third-order valence-corrected chi connectivity index (χ3v) is 6.07. The first kappa shape index (κ1) is 18.4. The molecule has 1 saturated heterocycles. The van der Waals surface area contributed by atoms with Crippen molar-refractivity contribution in [3.8, 4) is 0 Å². The van der Waals surface area contributed by atoms with Crippen LogP contribution in [0.2, 0.25) is 0 Å². The minimum atomic E-state index is -0.411. The second-order valence-corrected chi connectivity index (χ2v) is 7.72. The number of anilines is 1. The summed E-state index contributed by atoms with van der Waals surface area (Å²) in [5.74, 6) is -0.485. The highest BCUT2D eigenvalue weighted by atomic mass is 32.1. The van der Waals surface area contributed by atoms with Crippen LogP contribution < -0.4 is 5.32 Å². The molecule has 0 unspecified atom stereocenters. The molecule has 1 aromatic heterocycles. The van der Waals surface area contributed by atoms with Crippen LogP contribution in [-0.4, -0.2) is 67.6 Å². The van der Waals surface area contributed by atoms with Crippen LogP contribution in [0.1, 0.15) is 41.8 Å². The van der Waals surface area contributed by atoms with Gasteiger partial charge < -0.3 is 10.1 Å². The minimum Gasteiger partial charge on any atom is -0.465 e. The molecule has 3 rings (SSSR count). The highest BCUT2D eigenvalue weighted by Gasteiger charge is 2.26. The molecule has 6 nitrogen and oxygen atoms in total. The number of nitrogens with one attached hydrogen (secondary N) is 1. The maximum Gasteiger partial charge on any atom is 0.350 e. The second kappa shape index (κ2) is 8.78. The summed E-state index contributed by atoms with van der Waals surface area (Å²) >= 11 is 1.28. The van der Waals surface area contributed by atoms with E-state index < -0.39 is 5.97 Å². The van der Waals surface area contributed by atoms with Crippen LogP contribution in [-0.2, 0) is 9.53 Å². The van der Waals surface area contributed by atoms with Crippen molar-refractivity contribution in [3.05, 3.63) is 16.3 Å². The van der Waals surface area contributed by atoms with E-state index in [1.807, 2.05) is 0 Å². The molecule has 1 aliphatic carbocycles. The first-order valence-electron chi connectivity index (χ1n) is 9.09. The number of carbonyl (C=O) groups is 2. The van der Waals surface area contributed by atoms with E-state index in [9.17, 15) is 9.59 Å². The fraction of sp³-hybridized carbons (Fsp3) is 0.667. The van der Waals surface area contributed by atoms with Gasteiger partial charge in [0, 0.05) is 32.2 Å². The SMILES string of the molecule is COC(=O)c1sccc1NC(=O)CN1CCN(C2CCCCC2)CC1. The highest BCUT2D eigenvalue weighted by Crippen LogP contribution is 2.24. The molecule has 1 N–H and O–H groups in total. The molecule has 1 aliphatic heterocycles. The predicted molar refractivity (Wildman–Crippen MR) is 99.2 cm³/mol. The molecule has 0 spiro atoms. The number of carbonyl (C=O) groups excluding carboxylic acids is 2. The average Bonchev–Trinajstić information content (AvgIpc) is 3.10. The number of piperazine rings is 1. The van der Waals surface area contributed by atoms with E-state index in [4.69, 9.17) is 4.74 Å². The molecule has 0 atom stereocenters. The van der Waals surface area contributed by atoms with Crippen LogP contribution in [0.4, 0.5) is 5.69 Å². The lowest BCUT2D eigenvalue weighted by Gasteiger charge is -2.40. The van der Waals surface area contributed by atoms with Crippen LogP contribution in [0.3, 0.4) is 0 Å². The Hall–Kier alpha value is -1.44. The Morgan fingerprint density at radius 2 is 1.92 bits per heavy atom. The van der Waals surface area contributed by atoms with Crippen LogP contribution >= 0.6 is 11.3 Å². The molecule has 25 heavy (non-hydrogen) atoms. The summed E-state index contributed by atoms with van der Waals surface area (Å²) in [6.07, 6.45) is 6.75. The summed E-state index contributed by atoms with van der Waals surface area (Å²) in [5.41, 5.74) is 0.544. The fourth-order valence-corrected chi connectivity index (χ4v) is 4.55. The van der Waals surface area contributed by atoms with E-state index in [0.29, 0.717) is 17.1 Å². The summed E-state index contributed by atoms with van der Waals surface area (Å²) in [5, 5.41) is 4.63. The number of esters is 1. The number of thiophene rings is 1. The molecule has 1 aromatic rings. The van der Waals surface area contributed by atoms with Crippen molar-refractivity contribution >= 4 is 28.9 Å². The number of ether oxygens (including phenoxy) is 1. The lowest BCUT2D eigenvalue weighted by atomic mass is 9.94. The number of hydrogen-bond acceptors (Lipinski definition) is 6. The number of methoxy groups -OCH3 is 1. The predicted octanol–water partition coefficient (Wildman–Crippen LogP) is 2.42. The van der Waals surface area contributed by atoms with Gasteiger partial charge in [0.1, 0.15) is 4.88 Å². The molecular weight excluding hydrogens is 338 g/mol. The van der Waals surface area contributed by atoms with Crippen LogP contribution in [0.15, 0.2) is 11.4 Å². The monoisotopic (exact) mass is 365 g/mol. The second-order valence-electron chi connectivity index (χ2n) is 6.81. The van der Waals surface area contributed by atoms with Gasteiger partial charge in [0.25, 0.3) is 0 Å². The molecule has 2 aliphatic rings. The highest BCUT2D eigenvalue weighted by molar-refractivity contribution is 7.12. The van der Waals surface area contributed by atoms with Crippen LogP contribution in [0, 0.1) is 0 Å². The van der Waals surface area contributed by atoms with Gasteiger partial charge in [-0.25, -0.2) is 4.79 Å². The van der Waals surface area contributed by atoms with Gasteiger partial charge in [-0.2, -0.15) is 0 Å². The number of nitrogens with zero attached hydrogens (tertiary/aromatic N) is 2. The molecule has 7 heteroatoms. The van der Waals surface area contributed by atoms with Crippen molar-refractivity contribution in [3.63, 3.8) is 0 Å². The topological polar surface area (TPSA) is 61.9 Å². The van der Waals surface area contributed by atoms with Gasteiger partial charge in [-0.3, -0.25) is 14.6 Å². The maximum absolute atomic E-state index is 12.3. The van der Waals surface area contributed by atoms with E-state index in [1.165, 1.54) is 50.6 Å². The normalized spacial score (nSPS) is 20.4. The van der Waals surface area contributed by atoms with E-state index in [2.05, 4.69) is 15.1 Å². The first-order valence-corrected chi connectivity index (χ1v) is 9.97. The zero-order valence-corrected chi connectivity index (χ0v) is 15.6. The van der Waals surface area contributed by atoms with E-state index in [1.54, 1.807) is 11.4 Å². The quantitative estimate of drug-likeness (QED) is 0.812. The summed E-state index contributed by atoms with van der Waals surface area (Å²) in [4.78, 5) is 29.2. The Bertz CT molecular complexity index is 590. The van der Waals surface area contributed by atoms with Crippen molar-refractivity contribution in [1.29, 1.82) is 0 Å². The zero-order valence-electron chi connectivity index (χ0n) is 14.8. The Kier molecular flexibility index (Phi) is 6.45. The fourth-order valence-electron chi connectivity index (χ4n) is 3.78. The van der Waals surface area contributed by atoms with Crippen LogP contribution in [0.25, 0.3) is 0 Å². The van der Waals surface area contributed by atoms with Crippen molar-refractivity contribution in [1.82, 2.24) is 9.80 Å². The van der Waals surface area contributed by atoms with E-state index in [0.717, 1.165) is 32.2 Å². The van der Waals surface area contributed by atoms with E-state index in [-0.39, 0.29) is 5.91 Å². The Morgan fingerprint density at radius 3 is 2.60 bits per heavy atom. The summed E-state index contributed by atoms with van der Waals surface area (Å²) in [6, 6.07) is 2.49. The molecule has 1 amide bonds. The summed E-state index contributed by atoms with van der Waals surface area (Å²) in [6.45, 7) is 4.32. The molecule has 2 heterocycles. The zero-order chi connectivity index (χ0) is 17.6. The van der Waals surface area contributed by atoms with Gasteiger partial charge in [-0.05, 0) is 24.3 Å². The van der Waals surface area contributed by atoms with Crippen molar-refractivity contribution in [2.24, 2.45) is 0 Å². The molecule has 2 fully saturated rings. The van der Waals surface area contributed by atoms with Crippen molar-refractivity contribution in [2.45, 2.75) is 38.1 Å². The van der Waals surface area contributed by atoms with Crippen LogP contribution in [0.5, 0.6) is 0 Å². The largest absolute Gasteiger partial charge is 0.465 e. The number of hydrogen-bond donors (Lipinski definition) is 1. The first-order chi connectivity index (χ1) is 12.2. The molecule has 0 aromatic carbocycles. The summed E-state index contributed by atoms with van der Waals surface area (Å²) in [7, 11) is 1.35. The molecule has 1 saturated carbocycles. The number of rotatable bonds is 5. The van der Waals surface area contributed by atoms with Gasteiger partial charge >= 0.3 is 5.97 Å². The van der Waals surface area contributed by atoms with Crippen molar-refractivity contribution < 1.29 is 14.3 Å². The summed E-state index contributed by atoms with van der Waals surface area (Å²) < 4.78 is 4.74. The number of amides is 1. The Labute approximate surface area is 153 Å².